The van der Waals surface area contributed by atoms with Gasteiger partial charge in [0.2, 0.25) is 0 Å². The Kier molecular flexibility index (Phi) is 4.32. The Hall–Kier alpha value is -0.0900. The Morgan fingerprint density at radius 3 is 1.84 bits per heavy atom. The first kappa shape index (κ1) is 15.3. The van der Waals surface area contributed by atoms with Crippen LogP contribution in [0.15, 0.2) is 24.0 Å². The van der Waals surface area contributed by atoms with Crippen LogP contribution in [-0.4, -0.2) is 10.2 Å². The van der Waals surface area contributed by atoms with Gasteiger partial charge in [-0.1, -0.05) is 64.1 Å². The minimum Gasteiger partial charge on any atom is -0.512 e. The monoisotopic (exact) mass is 358 g/mol. The second kappa shape index (κ2) is 5.36. The molecule has 1 atom stereocenters. The van der Waals surface area contributed by atoms with Crippen LogP contribution in [0.2, 0.25) is 25.1 Å². The predicted octanol–water partition coefficient (Wildman–Crippen LogP) is 5.54. The molecule has 0 saturated heterocycles. The maximum Gasteiger partial charge on any atom is 0.118 e. The Morgan fingerprint density at radius 2 is 1.37 bits per heavy atom. The Balaban J connectivity index is 2.71. The van der Waals surface area contributed by atoms with Crippen LogP contribution in [0.5, 0.6) is 0 Å². The summed E-state index contributed by atoms with van der Waals surface area (Å²) in [5, 5.41) is 20.2. The van der Waals surface area contributed by atoms with Crippen molar-refractivity contribution >= 4 is 58.0 Å². The highest BCUT2D eigenvalue weighted by Crippen LogP contribution is 2.49. The number of hydrogen-bond donors (Lipinski definition) is 2. The largest absolute Gasteiger partial charge is 0.512 e. The fourth-order valence-corrected chi connectivity index (χ4v) is 3.33. The summed E-state index contributed by atoms with van der Waals surface area (Å²) in [5.74, 6) is -0.0145. The molecule has 2 N–H and O–H groups in total. The van der Waals surface area contributed by atoms with E-state index in [4.69, 9.17) is 58.0 Å². The summed E-state index contributed by atoms with van der Waals surface area (Å²) in [6, 6.07) is 0. The van der Waals surface area contributed by atoms with Crippen LogP contribution < -0.4 is 0 Å². The van der Waals surface area contributed by atoms with Crippen molar-refractivity contribution in [2.45, 2.75) is 12.0 Å². The lowest BCUT2D eigenvalue weighted by molar-refractivity contribution is 0.0754. The van der Waals surface area contributed by atoms with Gasteiger partial charge in [0.05, 0.1) is 30.9 Å². The third-order valence-electron chi connectivity index (χ3n) is 2.75. The summed E-state index contributed by atoms with van der Waals surface area (Å²) in [7, 11) is 0. The van der Waals surface area contributed by atoms with Gasteiger partial charge >= 0.3 is 0 Å². The van der Waals surface area contributed by atoms with Crippen LogP contribution in [0.3, 0.4) is 0 Å². The minimum absolute atomic E-state index is 0.00270. The molecule has 1 aliphatic rings. The number of aliphatic hydroxyl groups excluding tert-OH is 1. The van der Waals surface area contributed by atoms with Crippen molar-refractivity contribution in [3.63, 3.8) is 0 Å². The molecular weight excluding hydrogens is 353 g/mol. The summed E-state index contributed by atoms with van der Waals surface area (Å²) in [6.45, 7) is 0. The molecule has 7 heteroatoms. The van der Waals surface area contributed by atoms with E-state index < -0.39 is 5.60 Å². The van der Waals surface area contributed by atoms with Gasteiger partial charge in [-0.2, -0.15) is 0 Å². The Bertz CT molecular complexity index is 580. The SMILES string of the molecule is OC1=CC=CC(O)(c2c(Cl)c(Cl)c(Cl)c(Cl)c2Cl)C1. The highest BCUT2D eigenvalue weighted by molar-refractivity contribution is 6.55. The molecule has 0 fully saturated rings. The lowest BCUT2D eigenvalue weighted by Gasteiger charge is -2.29. The Labute approximate surface area is 134 Å². The van der Waals surface area contributed by atoms with Crippen LogP contribution >= 0.6 is 58.0 Å². The average Bonchev–Trinajstić information content (AvgIpc) is 2.33. The maximum atomic E-state index is 10.6. The molecule has 0 aromatic heterocycles. The lowest BCUT2D eigenvalue weighted by atomic mass is 9.86. The standard InChI is InChI=1S/C12H7Cl5O2/c13-7-6(8(14)10(16)11(17)9(7)15)12(19)3-1-2-5(18)4-12/h1-3,18-19H,4H2. The molecule has 0 bridgehead atoms. The smallest absolute Gasteiger partial charge is 0.118 e. The highest BCUT2D eigenvalue weighted by atomic mass is 35.5. The van der Waals surface area contributed by atoms with Crippen LogP contribution in [0.1, 0.15) is 12.0 Å². The third kappa shape index (κ3) is 2.58. The number of benzene rings is 1. The van der Waals surface area contributed by atoms with E-state index in [0.717, 1.165) is 0 Å². The molecule has 1 aromatic rings. The molecule has 0 saturated carbocycles. The van der Waals surface area contributed by atoms with Crippen molar-refractivity contribution < 1.29 is 10.2 Å². The quantitative estimate of drug-likeness (QED) is 0.510. The average molecular weight is 360 g/mol. The van der Waals surface area contributed by atoms with Crippen molar-refractivity contribution in [2.75, 3.05) is 0 Å². The number of rotatable bonds is 1. The second-order valence-electron chi connectivity index (χ2n) is 4.06. The normalized spacial score (nSPS) is 22.5. The molecule has 2 rings (SSSR count). The number of allylic oxidation sites excluding steroid dienone is 2. The first-order chi connectivity index (χ1) is 8.78. The number of hydrogen-bond acceptors (Lipinski definition) is 2. The van der Waals surface area contributed by atoms with Crippen LogP contribution in [-0.2, 0) is 5.60 Å². The van der Waals surface area contributed by atoms with Crippen LogP contribution in [0.4, 0.5) is 0 Å². The van der Waals surface area contributed by atoms with E-state index in [1.165, 1.54) is 18.2 Å². The number of aliphatic hydroxyl groups is 2. The van der Waals surface area contributed by atoms with Crippen molar-refractivity contribution in [3.8, 4) is 0 Å². The molecule has 1 aliphatic carbocycles. The van der Waals surface area contributed by atoms with Gasteiger partial charge in [0.1, 0.15) is 5.60 Å². The van der Waals surface area contributed by atoms with E-state index in [1.807, 2.05) is 0 Å². The highest BCUT2D eigenvalue weighted by Gasteiger charge is 2.36. The molecule has 0 heterocycles. The second-order valence-corrected chi connectivity index (χ2v) is 5.95. The van der Waals surface area contributed by atoms with Gasteiger partial charge in [0.15, 0.2) is 0 Å². The van der Waals surface area contributed by atoms with Gasteiger partial charge in [-0.3, -0.25) is 0 Å². The number of halogens is 5. The summed E-state index contributed by atoms with van der Waals surface area (Å²) < 4.78 is 0. The molecule has 19 heavy (non-hydrogen) atoms. The summed E-state index contributed by atoms with van der Waals surface area (Å²) in [5.41, 5.74) is -1.48. The summed E-state index contributed by atoms with van der Waals surface area (Å²) in [4.78, 5) is 0. The van der Waals surface area contributed by atoms with Crippen molar-refractivity contribution in [1.82, 2.24) is 0 Å². The minimum atomic E-state index is -1.59. The predicted molar refractivity (Wildman–Crippen MR) is 79.9 cm³/mol. The molecular formula is C12H7Cl5O2. The molecule has 1 aromatic carbocycles. The molecule has 102 valence electrons. The van der Waals surface area contributed by atoms with Gasteiger partial charge in [0, 0.05) is 12.0 Å². The van der Waals surface area contributed by atoms with Crippen molar-refractivity contribution in [2.24, 2.45) is 0 Å². The van der Waals surface area contributed by atoms with Crippen LogP contribution in [0.25, 0.3) is 0 Å². The van der Waals surface area contributed by atoms with E-state index in [2.05, 4.69) is 0 Å². The van der Waals surface area contributed by atoms with E-state index in [0.29, 0.717) is 0 Å². The maximum absolute atomic E-state index is 10.6. The topological polar surface area (TPSA) is 40.5 Å². The molecule has 0 spiro atoms. The fraction of sp³-hybridized carbons (Fsp3) is 0.167. The zero-order chi connectivity index (χ0) is 14.4. The van der Waals surface area contributed by atoms with Gasteiger partial charge in [0.25, 0.3) is 0 Å². The Morgan fingerprint density at radius 1 is 0.895 bits per heavy atom. The van der Waals surface area contributed by atoms with E-state index in [9.17, 15) is 10.2 Å². The zero-order valence-corrected chi connectivity index (χ0v) is 13.0. The van der Waals surface area contributed by atoms with Gasteiger partial charge in [-0.05, 0) is 12.2 Å². The molecule has 0 amide bonds. The van der Waals surface area contributed by atoms with E-state index in [1.54, 1.807) is 0 Å². The lowest BCUT2D eigenvalue weighted by Crippen LogP contribution is -2.26. The van der Waals surface area contributed by atoms with Crippen molar-refractivity contribution in [3.05, 3.63) is 54.7 Å². The third-order valence-corrected chi connectivity index (χ3v) is 5.03. The molecule has 2 nitrogen and oxygen atoms in total. The molecule has 0 radical (unpaired) electrons. The summed E-state index contributed by atoms with van der Waals surface area (Å²) >= 11 is 30.0. The van der Waals surface area contributed by atoms with Gasteiger partial charge in [-0.15, -0.1) is 0 Å². The van der Waals surface area contributed by atoms with E-state index in [-0.39, 0.29) is 42.9 Å². The zero-order valence-electron chi connectivity index (χ0n) is 9.22. The van der Waals surface area contributed by atoms with E-state index >= 15 is 0 Å². The van der Waals surface area contributed by atoms with Gasteiger partial charge in [-0.25, -0.2) is 0 Å². The first-order valence-electron chi connectivity index (χ1n) is 5.09. The van der Waals surface area contributed by atoms with Gasteiger partial charge < -0.3 is 10.2 Å². The van der Waals surface area contributed by atoms with Crippen molar-refractivity contribution in [1.29, 1.82) is 0 Å². The van der Waals surface area contributed by atoms with Crippen LogP contribution in [0, 0.1) is 0 Å². The molecule has 0 aliphatic heterocycles. The molecule has 1 unspecified atom stereocenters. The first-order valence-corrected chi connectivity index (χ1v) is 6.98. The fourth-order valence-electron chi connectivity index (χ4n) is 1.87. The summed E-state index contributed by atoms with van der Waals surface area (Å²) in [6.07, 6.45) is 4.30.